The molecule has 0 aliphatic carbocycles. The van der Waals surface area contributed by atoms with Crippen LogP contribution in [0.4, 0.5) is 14.6 Å². The molecular weight excluding hydrogens is 286 g/mol. The van der Waals surface area contributed by atoms with Gasteiger partial charge in [-0.05, 0) is 29.8 Å². The van der Waals surface area contributed by atoms with Crippen LogP contribution in [0, 0.1) is 11.6 Å². The largest absolute Gasteiger partial charge is 0.363 e. The molecule has 0 fully saturated rings. The van der Waals surface area contributed by atoms with E-state index >= 15 is 0 Å². The van der Waals surface area contributed by atoms with Crippen LogP contribution in [-0.4, -0.2) is 5.16 Å². The fourth-order valence-corrected chi connectivity index (χ4v) is 2.09. The lowest BCUT2D eigenvalue weighted by Gasteiger charge is -2.04. The zero-order valence-electron chi connectivity index (χ0n) is 10.2. The molecule has 0 unspecified atom stereocenters. The van der Waals surface area contributed by atoms with Gasteiger partial charge >= 0.3 is 0 Å². The molecule has 0 bridgehead atoms. The first-order chi connectivity index (χ1) is 9.65. The first-order valence-electron chi connectivity index (χ1n) is 5.87. The van der Waals surface area contributed by atoms with E-state index in [-0.39, 0.29) is 10.6 Å². The van der Waals surface area contributed by atoms with E-state index in [0.29, 0.717) is 17.7 Å². The normalized spacial score (nSPS) is 10.9. The number of anilines is 1. The third-order valence-corrected chi connectivity index (χ3v) is 3.18. The van der Waals surface area contributed by atoms with E-state index in [4.69, 9.17) is 16.1 Å². The predicted molar refractivity (Wildman–Crippen MR) is 72.7 cm³/mol. The maximum atomic E-state index is 13.4. The highest BCUT2D eigenvalue weighted by Crippen LogP contribution is 2.25. The molecule has 1 aromatic heterocycles. The molecule has 6 heteroatoms. The van der Waals surface area contributed by atoms with E-state index in [2.05, 4.69) is 10.5 Å². The van der Waals surface area contributed by atoms with Crippen LogP contribution in [0.2, 0.25) is 5.02 Å². The number of nitrogens with zero attached hydrogens (tertiary/aromatic N) is 1. The molecule has 102 valence electrons. The minimum Gasteiger partial charge on any atom is -0.363 e. The van der Waals surface area contributed by atoms with Crippen LogP contribution in [-0.2, 0) is 6.54 Å². The molecule has 0 saturated heterocycles. The summed E-state index contributed by atoms with van der Waals surface area (Å²) < 4.78 is 31.4. The molecule has 1 heterocycles. The molecule has 2 aromatic carbocycles. The van der Waals surface area contributed by atoms with Gasteiger partial charge in [0.25, 0.3) is 0 Å². The molecule has 0 amide bonds. The van der Waals surface area contributed by atoms with E-state index in [1.54, 1.807) is 18.2 Å². The lowest BCUT2D eigenvalue weighted by atomic mass is 10.2. The minimum absolute atomic E-state index is 0.0559. The summed E-state index contributed by atoms with van der Waals surface area (Å²) >= 11 is 5.70. The molecule has 0 aliphatic heterocycles. The fourth-order valence-electron chi connectivity index (χ4n) is 1.89. The highest BCUT2D eigenvalue weighted by molar-refractivity contribution is 6.30. The topological polar surface area (TPSA) is 38.1 Å². The monoisotopic (exact) mass is 294 g/mol. The van der Waals surface area contributed by atoms with Crippen LogP contribution >= 0.6 is 11.6 Å². The minimum atomic E-state index is -0.468. The molecule has 3 nitrogen and oxygen atoms in total. The number of hydrogen-bond acceptors (Lipinski definition) is 3. The Bertz CT molecular complexity index is 773. The van der Waals surface area contributed by atoms with Gasteiger partial charge in [0.15, 0.2) is 11.6 Å². The van der Waals surface area contributed by atoms with Gasteiger partial charge in [0, 0.05) is 6.54 Å². The summed E-state index contributed by atoms with van der Waals surface area (Å²) in [7, 11) is 0. The zero-order chi connectivity index (χ0) is 14.1. The molecule has 0 saturated carbocycles. The van der Waals surface area contributed by atoms with Gasteiger partial charge in [0.2, 0.25) is 5.58 Å². The molecule has 1 N–H and O–H groups in total. The third-order valence-electron chi connectivity index (χ3n) is 2.89. The van der Waals surface area contributed by atoms with Gasteiger partial charge in [-0.2, -0.15) is 0 Å². The van der Waals surface area contributed by atoms with Crippen molar-refractivity contribution >= 4 is 28.4 Å². The standard InChI is InChI=1S/C14H9ClF2N2O/c15-10-6-8(4-5-11(10)16)7-18-14-9-2-1-3-12(17)13(9)20-19-14/h1-6H,7H2,(H,18,19). The summed E-state index contributed by atoms with van der Waals surface area (Å²) in [6.45, 7) is 0.373. The third kappa shape index (κ3) is 2.32. The number of benzene rings is 2. The lowest BCUT2D eigenvalue weighted by Crippen LogP contribution is -2.00. The van der Waals surface area contributed by atoms with Gasteiger partial charge in [-0.1, -0.05) is 28.9 Å². The SMILES string of the molecule is Fc1ccc(CNc2noc3c(F)cccc23)cc1Cl. The summed E-state index contributed by atoms with van der Waals surface area (Å²) in [5, 5.41) is 7.39. The van der Waals surface area contributed by atoms with Crippen LogP contribution in [0.5, 0.6) is 0 Å². The van der Waals surface area contributed by atoms with E-state index in [1.807, 2.05) is 0 Å². The number of nitrogens with one attached hydrogen (secondary N) is 1. The number of aromatic nitrogens is 1. The summed E-state index contributed by atoms with van der Waals surface area (Å²) in [5.74, 6) is -0.503. The Hall–Kier alpha value is -2.14. The predicted octanol–water partition coefficient (Wildman–Crippen LogP) is 4.37. The van der Waals surface area contributed by atoms with Crippen molar-refractivity contribution in [3.05, 3.63) is 58.6 Å². The second-order valence-electron chi connectivity index (χ2n) is 4.25. The molecule has 20 heavy (non-hydrogen) atoms. The number of hydrogen-bond donors (Lipinski definition) is 1. The molecule has 0 radical (unpaired) electrons. The second-order valence-corrected chi connectivity index (χ2v) is 4.66. The van der Waals surface area contributed by atoms with E-state index in [1.165, 1.54) is 18.2 Å². The van der Waals surface area contributed by atoms with Gasteiger partial charge in [-0.3, -0.25) is 0 Å². The number of para-hydroxylation sites is 1. The van der Waals surface area contributed by atoms with Crippen LogP contribution in [0.1, 0.15) is 5.56 Å². The number of fused-ring (bicyclic) bond motifs is 1. The Morgan fingerprint density at radius 1 is 1.15 bits per heavy atom. The lowest BCUT2D eigenvalue weighted by molar-refractivity contribution is 0.443. The number of rotatable bonds is 3. The number of halogens is 3. The Morgan fingerprint density at radius 2 is 2.00 bits per heavy atom. The summed E-state index contributed by atoms with van der Waals surface area (Å²) in [6, 6.07) is 9.00. The first kappa shape index (κ1) is 12.9. The Morgan fingerprint density at radius 3 is 2.80 bits per heavy atom. The molecule has 3 aromatic rings. The Balaban J connectivity index is 1.83. The quantitative estimate of drug-likeness (QED) is 0.779. The van der Waals surface area contributed by atoms with Gasteiger partial charge in [-0.15, -0.1) is 0 Å². The average molecular weight is 295 g/mol. The molecule has 0 atom stereocenters. The molecular formula is C14H9ClF2N2O. The maximum Gasteiger partial charge on any atom is 0.204 e. The van der Waals surface area contributed by atoms with E-state index in [9.17, 15) is 8.78 Å². The van der Waals surface area contributed by atoms with Crippen molar-refractivity contribution in [3.8, 4) is 0 Å². The van der Waals surface area contributed by atoms with Crippen molar-refractivity contribution in [3.63, 3.8) is 0 Å². The average Bonchev–Trinajstić information content (AvgIpc) is 2.85. The van der Waals surface area contributed by atoms with Crippen LogP contribution in [0.25, 0.3) is 11.0 Å². The molecule has 3 rings (SSSR count). The second kappa shape index (κ2) is 5.09. The van der Waals surface area contributed by atoms with Crippen LogP contribution in [0.15, 0.2) is 40.9 Å². The Kier molecular flexibility index (Phi) is 3.28. The molecule has 0 spiro atoms. The van der Waals surface area contributed by atoms with Gasteiger partial charge in [0.1, 0.15) is 5.82 Å². The highest BCUT2D eigenvalue weighted by Gasteiger charge is 2.11. The van der Waals surface area contributed by atoms with Crippen LogP contribution < -0.4 is 5.32 Å². The van der Waals surface area contributed by atoms with E-state index in [0.717, 1.165) is 5.56 Å². The highest BCUT2D eigenvalue weighted by atomic mass is 35.5. The Labute approximate surface area is 118 Å². The maximum absolute atomic E-state index is 13.4. The van der Waals surface area contributed by atoms with E-state index < -0.39 is 11.6 Å². The van der Waals surface area contributed by atoms with Crippen molar-refractivity contribution < 1.29 is 13.3 Å². The smallest absolute Gasteiger partial charge is 0.204 e. The van der Waals surface area contributed by atoms with Crippen molar-refractivity contribution in [1.29, 1.82) is 0 Å². The zero-order valence-corrected chi connectivity index (χ0v) is 10.9. The van der Waals surface area contributed by atoms with Crippen LogP contribution in [0.3, 0.4) is 0 Å². The fraction of sp³-hybridized carbons (Fsp3) is 0.0714. The van der Waals surface area contributed by atoms with Crippen molar-refractivity contribution in [2.24, 2.45) is 0 Å². The van der Waals surface area contributed by atoms with Crippen molar-refractivity contribution in [2.75, 3.05) is 5.32 Å². The van der Waals surface area contributed by atoms with Gasteiger partial charge < -0.3 is 9.84 Å². The van der Waals surface area contributed by atoms with Crippen molar-refractivity contribution in [1.82, 2.24) is 5.16 Å². The summed E-state index contributed by atoms with van der Waals surface area (Å²) in [5.41, 5.74) is 0.885. The summed E-state index contributed by atoms with van der Waals surface area (Å²) in [4.78, 5) is 0. The van der Waals surface area contributed by atoms with Gasteiger partial charge in [-0.25, -0.2) is 8.78 Å². The first-order valence-corrected chi connectivity index (χ1v) is 6.24. The molecule has 0 aliphatic rings. The summed E-state index contributed by atoms with van der Waals surface area (Å²) in [6.07, 6.45) is 0. The van der Waals surface area contributed by atoms with Gasteiger partial charge in [0.05, 0.1) is 10.4 Å². The van der Waals surface area contributed by atoms with Crippen molar-refractivity contribution in [2.45, 2.75) is 6.54 Å².